The van der Waals surface area contributed by atoms with Gasteiger partial charge in [-0.2, -0.15) is 0 Å². The van der Waals surface area contributed by atoms with E-state index in [1.54, 1.807) is 0 Å². The van der Waals surface area contributed by atoms with Gasteiger partial charge in [0.25, 0.3) is 0 Å². The van der Waals surface area contributed by atoms with Crippen molar-refractivity contribution in [1.29, 1.82) is 0 Å². The molecule has 1 fully saturated rings. The Hall–Kier alpha value is -0.120. The highest BCUT2D eigenvalue weighted by atomic mass is 16.5. The van der Waals surface area contributed by atoms with Crippen LogP contribution in [0.2, 0.25) is 0 Å². The van der Waals surface area contributed by atoms with E-state index in [9.17, 15) is 0 Å². The van der Waals surface area contributed by atoms with Crippen LogP contribution in [-0.4, -0.2) is 42.8 Å². The van der Waals surface area contributed by atoms with E-state index in [1.807, 2.05) is 0 Å². The van der Waals surface area contributed by atoms with E-state index < -0.39 is 0 Å². The molecule has 1 aliphatic rings. The summed E-state index contributed by atoms with van der Waals surface area (Å²) in [5.41, 5.74) is 6.24. The average Bonchev–Trinajstić information content (AvgIpc) is 1.99. The maximum atomic E-state index is 6.19. The molecule has 84 valence electrons. The molecular weight excluding hydrogens is 176 g/mol. The van der Waals surface area contributed by atoms with Gasteiger partial charge in [0.1, 0.15) is 0 Å². The summed E-state index contributed by atoms with van der Waals surface area (Å²) in [5, 5.41) is 0. The highest BCUT2D eigenvalue weighted by molar-refractivity contribution is 5.01. The van der Waals surface area contributed by atoms with Crippen LogP contribution in [-0.2, 0) is 4.74 Å². The molecule has 0 atom stereocenters. The van der Waals surface area contributed by atoms with Gasteiger partial charge in [-0.25, -0.2) is 0 Å². The molecule has 0 spiro atoms. The summed E-state index contributed by atoms with van der Waals surface area (Å²) in [4.78, 5) is 2.36. The predicted octanol–water partition coefficient (Wildman–Crippen LogP) is 1.08. The smallest absolute Gasteiger partial charge is 0.0596 e. The van der Waals surface area contributed by atoms with Crippen molar-refractivity contribution in [3.8, 4) is 0 Å². The van der Waals surface area contributed by atoms with Crippen LogP contribution in [0, 0.1) is 5.92 Å². The van der Waals surface area contributed by atoms with Gasteiger partial charge < -0.3 is 10.5 Å². The molecule has 0 aromatic carbocycles. The Kier molecular flexibility index (Phi) is 3.93. The second kappa shape index (κ2) is 4.60. The van der Waals surface area contributed by atoms with Crippen LogP contribution < -0.4 is 5.73 Å². The van der Waals surface area contributed by atoms with Crippen molar-refractivity contribution in [3.05, 3.63) is 0 Å². The van der Waals surface area contributed by atoms with Crippen molar-refractivity contribution in [2.75, 3.05) is 26.2 Å². The minimum absolute atomic E-state index is 0.0534. The van der Waals surface area contributed by atoms with Gasteiger partial charge >= 0.3 is 0 Å². The maximum Gasteiger partial charge on any atom is 0.0596 e. The van der Waals surface area contributed by atoms with Gasteiger partial charge in [0, 0.05) is 25.2 Å². The van der Waals surface area contributed by atoms with Gasteiger partial charge in [-0.3, -0.25) is 4.90 Å². The van der Waals surface area contributed by atoms with E-state index in [2.05, 4.69) is 32.6 Å². The zero-order valence-corrected chi connectivity index (χ0v) is 9.92. The van der Waals surface area contributed by atoms with Crippen LogP contribution in [0.5, 0.6) is 0 Å². The van der Waals surface area contributed by atoms with Crippen LogP contribution in [0.4, 0.5) is 0 Å². The first-order valence-corrected chi connectivity index (χ1v) is 5.57. The third-order valence-corrected chi connectivity index (χ3v) is 3.04. The molecule has 0 bridgehead atoms. The summed E-state index contributed by atoms with van der Waals surface area (Å²) in [6, 6.07) is 0. The van der Waals surface area contributed by atoms with Gasteiger partial charge in [0.05, 0.1) is 12.7 Å². The lowest BCUT2D eigenvalue weighted by Gasteiger charge is -2.50. The largest absolute Gasteiger partial charge is 0.377 e. The zero-order valence-electron chi connectivity index (χ0n) is 9.92. The minimum atomic E-state index is 0.0534. The number of hydrogen-bond acceptors (Lipinski definition) is 3. The number of nitrogens with two attached hydrogens (primary N) is 1. The van der Waals surface area contributed by atoms with Gasteiger partial charge in [-0.15, -0.1) is 0 Å². The van der Waals surface area contributed by atoms with Gasteiger partial charge in [-0.1, -0.05) is 13.8 Å². The molecule has 1 saturated heterocycles. The molecule has 0 amide bonds. The molecule has 0 aliphatic carbocycles. The summed E-state index contributed by atoms with van der Waals surface area (Å²) in [5.74, 6) is 0.574. The first-order chi connectivity index (χ1) is 6.44. The molecule has 1 heterocycles. The van der Waals surface area contributed by atoms with Crippen LogP contribution in [0.1, 0.15) is 27.7 Å². The molecule has 0 saturated carbocycles. The molecule has 14 heavy (non-hydrogen) atoms. The summed E-state index contributed by atoms with van der Waals surface area (Å²) in [6.45, 7) is 12.4. The number of hydrogen-bond donors (Lipinski definition) is 1. The van der Waals surface area contributed by atoms with Crippen molar-refractivity contribution in [2.24, 2.45) is 11.7 Å². The maximum absolute atomic E-state index is 6.19. The van der Waals surface area contributed by atoms with Crippen molar-refractivity contribution in [1.82, 2.24) is 4.90 Å². The molecule has 3 nitrogen and oxygen atoms in total. The fraction of sp³-hybridized carbons (Fsp3) is 1.00. The number of rotatable bonds is 5. The van der Waals surface area contributed by atoms with Crippen LogP contribution in [0.15, 0.2) is 0 Å². The van der Waals surface area contributed by atoms with E-state index >= 15 is 0 Å². The van der Waals surface area contributed by atoms with Crippen LogP contribution >= 0.6 is 0 Å². The van der Waals surface area contributed by atoms with E-state index in [0.29, 0.717) is 12.0 Å². The number of ether oxygens (including phenoxy) is 1. The summed E-state index contributed by atoms with van der Waals surface area (Å²) in [6.07, 6.45) is 0.337. The highest BCUT2D eigenvalue weighted by Gasteiger charge is 2.41. The fourth-order valence-electron chi connectivity index (χ4n) is 1.73. The lowest BCUT2D eigenvalue weighted by Crippen LogP contribution is -2.70. The van der Waals surface area contributed by atoms with Crippen molar-refractivity contribution in [2.45, 2.75) is 39.3 Å². The lowest BCUT2D eigenvalue weighted by molar-refractivity contribution is -0.00208. The Balaban J connectivity index is 2.10. The second-order valence-electron chi connectivity index (χ2n) is 5.02. The van der Waals surface area contributed by atoms with Crippen molar-refractivity contribution >= 4 is 0 Å². The normalized spacial score (nSPS) is 21.6. The topological polar surface area (TPSA) is 38.5 Å². The number of nitrogens with zero attached hydrogens (tertiary/aromatic N) is 1. The van der Waals surface area contributed by atoms with Crippen LogP contribution in [0.3, 0.4) is 0 Å². The van der Waals surface area contributed by atoms with E-state index in [-0.39, 0.29) is 5.54 Å². The Morgan fingerprint density at radius 2 is 1.86 bits per heavy atom. The zero-order chi connectivity index (χ0) is 10.8. The third kappa shape index (κ3) is 2.94. The van der Waals surface area contributed by atoms with Crippen molar-refractivity contribution < 1.29 is 4.74 Å². The summed E-state index contributed by atoms with van der Waals surface area (Å²) >= 11 is 0. The molecule has 0 unspecified atom stereocenters. The first kappa shape index (κ1) is 12.0. The highest BCUT2D eigenvalue weighted by Crippen LogP contribution is 2.25. The molecular formula is C11H24N2O. The van der Waals surface area contributed by atoms with E-state index in [1.165, 1.54) is 0 Å². The van der Waals surface area contributed by atoms with Crippen molar-refractivity contribution in [3.63, 3.8) is 0 Å². The van der Waals surface area contributed by atoms with Gasteiger partial charge in [-0.05, 0) is 19.8 Å². The molecule has 2 N–H and O–H groups in total. The third-order valence-electron chi connectivity index (χ3n) is 3.04. The minimum Gasteiger partial charge on any atom is -0.377 e. The Morgan fingerprint density at radius 3 is 2.29 bits per heavy atom. The number of likely N-dealkylation sites (tertiary alicyclic amines) is 1. The SMILES string of the molecule is CC(C)OCCN1CC(N)(C(C)C)C1. The predicted molar refractivity (Wildman–Crippen MR) is 59.3 cm³/mol. The van der Waals surface area contributed by atoms with E-state index in [4.69, 9.17) is 10.5 Å². The summed E-state index contributed by atoms with van der Waals surface area (Å²) in [7, 11) is 0. The molecule has 1 aliphatic heterocycles. The average molecular weight is 200 g/mol. The molecule has 0 aromatic rings. The Morgan fingerprint density at radius 1 is 1.29 bits per heavy atom. The molecule has 3 heteroatoms. The quantitative estimate of drug-likeness (QED) is 0.722. The monoisotopic (exact) mass is 200 g/mol. The Bertz CT molecular complexity index is 174. The van der Waals surface area contributed by atoms with Crippen LogP contribution in [0.25, 0.3) is 0 Å². The standard InChI is InChI=1S/C11H24N2O/c1-9(2)11(12)7-13(8-11)5-6-14-10(3)4/h9-10H,5-8,12H2,1-4H3. The van der Waals surface area contributed by atoms with E-state index in [0.717, 1.165) is 26.2 Å². The fourth-order valence-corrected chi connectivity index (χ4v) is 1.73. The molecule has 1 rings (SSSR count). The van der Waals surface area contributed by atoms with Gasteiger partial charge in [0.15, 0.2) is 0 Å². The second-order valence-corrected chi connectivity index (χ2v) is 5.02. The Labute approximate surface area is 87.6 Å². The molecule has 0 radical (unpaired) electrons. The summed E-state index contributed by atoms with van der Waals surface area (Å²) < 4.78 is 5.49. The lowest BCUT2D eigenvalue weighted by atomic mass is 9.80. The van der Waals surface area contributed by atoms with Gasteiger partial charge in [0.2, 0.25) is 0 Å². The first-order valence-electron chi connectivity index (χ1n) is 5.57. The molecule has 0 aromatic heterocycles.